The highest BCUT2D eigenvalue weighted by Crippen LogP contribution is 2.36. The summed E-state index contributed by atoms with van der Waals surface area (Å²) in [5, 5.41) is 3.40. The summed E-state index contributed by atoms with van der Waals surface area (Å²) in [6, 6.07) is 12.3. The normalized spacial score (nSPS) is 10.1. The van der Waals surface area contributed by atoms with Crippen LogP contribution in [-0.4, -0.2) is 13.7 Å². The van der Waals surface area contributed by atoms with Crippen LogP contribution >= 0.6 is 15.9 Å². The van der Waals surface area contributed by atoms with Crippen molar-refractivity contribution in [2.75, 3.05) is 19.0 Å². The second-order valence-corrected chi connectivity index (χ2v) is 5.78. The maximum Gasteiger partial charge on any atom is 0.175 e. The van der Waals surface area contributed by atoms with Crippen LogP contribution in [0, 0.1) is 6.92 Å². The highest BCUT2D eigenvalue weighted by Gasteiger charge is 2.11. The molecule has 0 saturated heterocycles. The van der Waals surface area contributed by atoms with Gasteiger partial charge in [-0.1, -0.05) is 30.4 Å². The largest absolute Gasteiger partial charge is 0.493 e. The van der Waals surface area contributed by atoms with Gasteiger partial charge >= 0.3 is 0 Å². The third-order valence-electron chi connectivity index (χ3n) is 3.18. The third kappa shape index (κ3) is 4.28. The van der Waals surface area contributed by atoms with Gasteiger partial charge in [0.25, 0.3) is 0 Å². The molecule has 0 heterocycles. The van der Waals surface area contributed by atoms with Crippen molar-refractivity contribution in [1.29, 1.82) is 0 Å². The lowest BCUT2D eigenvalue weighted by molar-refractivity contribution is 0.324. The number of hydrogen-bond donors (Lipinski definition) is 1. The van der Waals surface area contributed by atoms with Gasteiger partial charge in [0, 0.05) is 12.2 Å². The summed E-state index contributed by atoms with van der Waals surface area (Å²) in [6.07, 6.45) is 1.71. The Balaban J connectivity index is 2.12. The molecular formula is C18H20BrNO2. The van der Waals surface area contributed by atoms with Crippen molar-refractivity contribution >= 4 is 21.6 Å². The van der Waals surface area contributed by atoms with Gasteiger partial charge in [-0.25, -0.2) is 0 Å². The van der Waals surface area contributed by atoms with Crippen molar-refractivity contribution in [3.05, 3.63) is 64.7 Å². The molecule has 4 heteroatoms. The van der Waals surface area contributed by atoms with Gasteiger partial charge in [0.1, 0.15) is 6.61 Å². The summed E-state index contributed by atoms with van der Waals surface area (Å²) in [5.74, 6) is 1.40. The molecule has 2 aromatic carbocycles. The SMILES string of the molecule is C=CCOc1c(Br)cc(CNc2ccc(C)cc2)cc1OC. The minimum absolute atomic E-state index is 0.440. The van der Waals surface area contributed by atoms with Gasteiger partial charge in [0.15, 0.2) is 11.5 Å². The number of methoxy groups -OCH3 is 1. The molecule has 3 nitrogen and oxygen atoms in total. The van der Waals surface area contributed by atoms with Crippen molar-refractivity contribution in [1.82, 2.24) is 0 Å². The summed E-state index contributed by atoms with van der Waals surface area (Å²) >= 11 is 3.54. The van der Waals surface area contributed by atoms with Gasteiger partial charge in [-0.3, -0.25) is 0 Å². The van der Waals surface area contributed by atoms with E-state index in [4.69, 9.17) is 9.47 Å². The summed E-state index contributed by atoms with van der Waals surface area (Å²) in [7, 11) is 1.64. The van der Waals surface area contributed by atoms with E-state index in [0.29, 0.717) is 24.7 Å². The lowest BCUT2D eigenvalue weighted by Gasteiger charge is -2.14. The van der Waals surface area contributed by atoms with Crippen molar-refractivity contribution in [3.8, 4) is 11.5 Å². The van der Waals surface area contributed by atoms with Crippen molar-refractivity contribution in [2.24, 2.45) is 0 Å². The molecule has 0 aliphatic heterocycles. The average molecular weight is 362 g/mol. The zero-order valence-electron chi connectivity index (χ0n) is 12.9. The average Bonchev–Trinajstić information content (AvgIpc) is 2.53. The first-order valence-electron chi connectivity index (χ1n) is 7.04. The Morgan fingerprint density at radius 3 is 2.59 bits per heavy atom. The number of anilines is 1. The minimum atomic E-state index is 0.440. The highest BCUT2D eigenvalue weighted by atomic mass is 79.9. The summed E-state index contributed by atoms with van der Waals surface area (Å²) in [4.78, 5) is 0. The second kappa shape index (κ2) is 7.90. The smallest absolute Gasteiger partial charge is 0.175 e. The molecular weight excluding hydrogens is 342 g/mol. The zero-order valence-corrected chi connectivity index (χ0v) is 14.4. The molecule has 0 radical (unpaired) electrons. The molecule has 0 saturated carbocycles. The van der Waals surface area contributed by atoms with Gasteiger partial charge in [-0.05, 0) is 52.7 Å². The zero-order chi connectivity index (χ0) is 15.9. The maximum absolute atomic E-state index is 5.63. The highest BCUT2D eigenvalue weighted by molar-refractivity contribution is 9.10. The molecule has 22 heavy (non-hydrogen) atoms. The third-order valence-corrected chi connectivity index (χ3v) is 3.77. The van der Waals surface area contributed by atoms with Crippen molar-refractivity contribution in [2.45, 2.75) is 13.5 Å². The fourth-order valence-corrected chi connectivity index (χ4v) is 2.64. The fraction of sp³-hybridized carbons (Fsp3) is 0.222. The number of aryl methyl sites for hydroxylation is 1. The molecule has 0 atom stereocenters. The van der Waals surface area contributed by atoms with Gasteiger partial charge in [0.05, 0.1) is 11.6 Å². The second-order valence-electron chi connectivity index (χ2n) is 4.93. The van der Waals surface area contributed by atoms with Crippen LogP contribution in [0.4, 0.5) is 5.69 Å². The summed E-state index contributed by atoms with van der Waals surface area (Å²) < 4.78 is 11.9. The molecule has 0 unspecified atom stereocenters. The van der Waals surface area contributed by atoms with Gasteiger partial charge < -0.3 is 14.8 Å². The molecule has 2 rings (SSSR count). The van der Waals surface area contributed by atoms with Crippen LogP contribution < -0.4 is 14.8 Å². The van der Waals surface area contributed by atoms with Crippen LogP contribution in [-0.2, 0) is 6.54 Å². The van der Waals surface area contributed by atoms with Crippen LogP contribution in [0.3, 0.4) is 0 Å². The topological polar surface area (TPSA) is 30.5 Å². The molecule has 0 amide bonds. The van der Waals surface area contributed by atoms with E-state index in [9.17, 15) is 0 Å². The Hall–Kier alpha value is -1.94. The van der Waals surface area contributed by atoms with Crippen LogP contribution in [0.15, 0.2) is 53.5 Å². The van der Waals surface area contributed by atoms with Crippen LogP contribution in [0.1, 0.15) is 11.1 Å². The molecule has 2 aromatic rings. The van der Waals surface area contributed by atoms with E-state index < -0.39 is 0 Å². The number of hydrogen-bond acceptors (Lipinski definition) is 3. The Kier molecular flexibility index (Phi) is 5.90. The van der Waals surface area contributed by atoms with E-state index in [1.165, 1.54) is 5.56 Å². The number of benzene rings is 2. The molecule has 0 aliphatic rings. The Morgan fingerprint density at radius 1 is 1.23 bits per heavy atom. The molecule has 0 aliphatic carbocycles. The van der Waals surface area contributed by atoms with E-state index >= 15 is 0 Å². The minimum Gasteiger partial charge on any atom is -0.493 e. The van der Waals surface area contributed by atoms with E-state index in [1.54, 1.807) is 13.2 Å². The van der Waals surface area contributed by atoms with E-state index in [2.05, 4.69) is 59.0 Å². The lowest BCUT2D eigenvalue weighted by Crippen LogP contribution is -2.02. The molecule has 0 aromatic heterocycles. The Morgan fingerprint density at radius 2 is 1.95 bits per heavy atom. The molecule has 0 fully saturated rings. The van der Waals surface area contributed by atoms with Gasteiger partial charge in [-0.15, -0.1) is 0 Å². The Bertz CT molecular complexity index is 638. The van der Waals surface area contributed by atoms with E-state index in [-0.39, 0.29) is 0 Å². The first-order chi connectivity index (χ1) is 10.6. The van der Waals surface area contributed by atoms with E-state index in [1.807, 2.05) is 12.1 Å². The predicted molar refractivity (Wildman–Crippen MR) is 94.9 cm³/mol. The van der Waals surface area contributed by atoms with Crippen LogP contribution in [0.2, 0.25) is 0 Å². The molecule has 1 N–H and O–H groups in total. The molecule has 116 valence electrons. The fourth-order valence-electron chi connectivity index (χ4n) is 2.03. The van der Waals surface area contributed by atoms with E-state index in [0.717, 1.165) is 15.7 Å². The summed E-state index contributed by atoms with van der Waals surface area (Å²) in [6.45, 7) is 6.88. The van der Waals surface area contributed by atoms with Crippen molar-refractivity contribution in [3.63, 3.8) is 0 Å². The first-order valence-corrected chi connectivity index (χ1v) is 7.84. The lowest BCUT2D eigenvalue weighted by atomic mass is 10.2. The van der Waals surface area contributed by atoms with Crippen LogP contribution in [0.5, 0.6) is 11.5 Å². The summed E-state index contributed by atoms with van der Waals surface area (Å²) in [5.41, 5.74) is 3.45. The maximum atomic E-state index is 5.63. The number of halogens is 1. The predicted octanol–water partition coefficient (Wildman–Crippen LogP) is 4.94. The van der Waals surface area contributed by atoms with Gasteiger partial charge in [-0.2, -0.15) is 0 Å². The standard InChI is InChI=1S/C18H20BrNO2/c1-4-9-22-18-16(19)10-14(11-17(18)21-3)12-20-15-7-5-13(2)6-8-15/h4-8,10-11,20H,1,9,12H2,2-3H3. The Labute approximate surface area is 140 Å². The number of nitrogens with one attached hydrogen (secondary N) is 1. The number of rotatable bonds is 7. The van der Waals surface area contributed by atoms with Gasteiger partial charge in [0.2, 0.25) is 0 Å². The molecule has 0 bridgehead atoms. The van der Waals surface area contributed by atoms with Crippen LogP contribution in [0.25, 0.3) is 0 Å². The number of ether oxygens (including phenoxy) is 2. The quantitative estimate of drug-likeness (QED) is 0.708. The monoisotopic (exact) mass is 361 g/mol. The van der Waals surface area contributed by atoms with Crippen molar-refractivity contribution < 1.29 is 9.47 Å². The first kappa shape index (κ1) is 16.4. The molecule has 0 spiro atoms.